The number of nitrogens with one attached hydrogen (secondary N) is 1. The number of H-pyrrole nitrogens is 1. The van der Waals surface area contributed by atoms with Gasteiger partial charge in [-0.2, -0.15) is 4.57 Å². The van der Waals surface area contributed by atoms with Crippen molar-refractivity contribution >= 4 is 34.0 Å². The summed E-state index contributed by atoms with van der Waals surface area (Å²) in [5, 5.41) is 0. The van der Waals surface area contributed by atoms with Crippen LogP contribution in [0.2, 0.25) is 0 Å². The van der Waals surface area contributed by atoms with E-state index < -0.39 is 0 Å². The van der Waals surface area contributed by atoms with Crippen molar-refractivity contribution in [1.29, 1.82) is 0 Å². The smallest absolute Gasteiger partial charge is 0.205 e. The van der Waals surface area contributed by atoms with E-state index in [0.717, 1.165) is 41.2 Å². The topological polar surface area (TPSA) is 83.6 Å². The maximum absolute atomic E-state index is 5.67. The van der Waals surface area contributed by atoms with E-state index in [1.54, 1.807) is 24.8 Å². The summed E-state index contributed by atoms with van der Waals surface area (Å²) in [5.74, 6) is 1.51. The molecule has 0 atom stereocenters. The molecule has 1 aliphatic heterocycles. The Morgan fingerprint density at radius 3 is 1.70 bits per heavy atom. The molecule has 0 fully saturated rings. The molecular weight excluding hydrogens is 613 g/mol. The Kier molecular flexibility index (Phi) is 11.3. The first-order valence-corrected chi connectivity index (χ1v) is 15.1. The van der Waals surface area contributed by atoms with E-state index in [4.69, 9.17) is 11.6 Å². The Morgan fingerprint density at radius 1 is 0.630 bits per heavy atom. The van der Waals surface area contributed by atoms with Crippen molar-refractivity contribution in [2.24, 2.45) is 4.99 Å². The third-order valence-electron chi connectivity index (χ3n) is 7.19. The van der Waals surface area contributed by atoms with Crippen LogP contribution in [-0.4, -0.2) is 36.5 Å². The van der Waals surface area contributed by atoms with E-state index in [9.17, 15) is 0 Å². The molecule has 0 aliphatic carbocycles. The number of halogens is 2. The molecule has 0 spiro atoms. The third-order valence-corrected chi connectivity index (χ3v) is 7.50. The molecule has 9 heteroatoms. The van der Waals surface area contributed by atoms with E-state index >= 15 is 0 Å². The second-order valence-corrected chi connectivity index (χ2v) is 10.6. The van der Waals surface area contributed by atoms with E-state index in [-0.39, 0.29) is 12.4 Å². The highest BCUT2D eigenvalue weighted by Gasteiger charge is 2.12. The Balaban J connectivity index is 0.000000147. The zero-order valence-corrected chi connectivity index (χ0v) is 26.4. The van der Waals surface area contributed by atoms with E-state index in [0.29, 0.717) is 5.88 Å². The third kappa shape index (κ3) is 8.47. The summed E-state index contributed by atoms with van der Waals surface area (Å²) in [6, 6.07) is 32.4. The molecule has 1 aliphatic rings. The Morgan fingerprint density at radius 2 is 1.15 bits per heavy atom. The van der Waals surface area contributed by atoms with E-state index in [1.165, 1.54) is 27.8 Å². The minimum Gasteiger partial charge on any atom is -1.00 e. The molecule has 7 nitrogen and oxygen atoms in total. The zero-order chi connectivity index (χ0) is 30.7. The van der Waals surface area contributed by atoms with Gasteiger partial charge < -0.3 is 17.4 Å². The Hall–Kier alpha value is -5.24. The summed E-state index contributed by atoms with van der Waals surface area (Å²) >= 11 is 5.67. The average molecular weight is 645 g/mol. The molecule has 0 saturated carbocycles. The molecular formula is C37H31Cl2N7. The Labute approximate surface area is 279 Å². The quantitative estimate of drug-likeness (QED) is 0.218. The molecule has 0 saturated heterocycles. The fourth-order valence-electron chi connectivity index (χ4n) is 4.92. The molecule has 5 aromatic heterocycles. The standard InChI is InChI=1S/C18H15N4.C10H8N2.C9H8ClN.ClH/c1-2-4-17-16(3-1)20-18(21-17)13-22-11-7-15(8-12-22)14-5-9-19-10-6-14;1-5-11-6-2-9(1)10-3-7-12-8-4-10;10-6-8-5-7-3-1-2-4-9(7)11-8;/h1-12H,13H2,(H,20,21);1-8H;1-4H,5-6H2;1H/q+1;;;/p-1. The van der Waals surface area contributed by atoms with Gasteiger partial charge in [0.05, 0.1) is 22.6 Å². The van der Waals surface area contributed by atoms with Crippen molar-refractivity contribution < 1.29 is 17.0 Å². The van der Waals surface area contributed by atoms with Crippen LogP contribution in [0.3, 0.4) is 0 Å². The molecule has 0 amide bonds. The van der Waals surface area contributed by atoms with Gasteiger partial charge >= 0.3 is 0 Å². The largest absolute Gasteiger partial charge is 1.00 e. The minimum atomic E-state index is 0. The highest BCUT2D eigenvalue weighted by atomic mass is 35.5. The second kappa shape index (κ2) is 16.2. The van der Waals surface area contributed by atoms with E-state index in [2.05, 4.69) is 65.1 Å². The lowest BCUT2D eigenvalue weighted by molar-refractivity contribution is -0.689. The average Bonchev–Trinajstić information content (AvgIpc) is 3.74. The van der Waals surface area contributed by atoms with Crippen molar-refractivity contribution in [3.8, 4) is 22.3 Å². The number of hydrogen-bond donors (Lipinski definition) is 1. The number of nitrogens with zero attached hydrogens (tertiary/aromatic N) is 6. The van der Waals surface area contributed by atoms with Crippen molar-refractivity contribution in [1.82, 2.24) is 24.9 Å². The highest BCUT2D eigenvalue weighted by Crippen LogP contribution is 2.26. The van der Waals surface area contributed by atoms with Gasteiger partial charge in [-0.3, -0.25) is 19.9 Å². The molecule has 46 heavy (non-hydrogen) atoms. The number of aliphatic imine (C=N–C) groups is 1. The molecule has 7 aromatic rings. The van der Waals surface area contributed by atoms with Gasteiger partial charge in [-0.15, -0.1) is 11.6 Å². The van der Waals surface area contributed by atoms with Gasteiger partial charge in [0.25, 0.3) is 0 Å². The maximum Gasteiger partial charge on any atom is 0.205 e. The van der Waals surface area contributed by atoms with E-state index in [1.807, 2.05) is 91.3 Å². The second-order valence-electron chi connectivity index (χ2n) is 10.3. The molecule has 6 heterocycles. The maximum atomic E-state index is 5.67. The summed E-state index contributed by atoms with van der Waals surface area (Å²) in [4.78, 5) is 24.3. The molecule has 0 radical (unpaired) electrons. The molecule has 0 bridgehead atoms. The minimum absolute atomic E-state index is 0. The lowest BCUT2D eigenvalue weighted by Gasteiger charge is -1.99. The lowest BCUT2D eigenvalue weighted by atomic mass is 10.1. The van der Waals surface area contributed by atoms with Crippen molar-refractivity contribution in [2.75, 3.05) is 5.88 Å². The number of rotatable bonds is 5. The van der Waals surface area contributed by atoms with Crippen LogP contribution in [0.1, 0.15) is 11.4 Å². The first-order chi connectivity index (χ1) is 22.2. The number of pyridine rings is 4. The molecule has 228 valence electrons. The van der Waals surface area contributed by atoms with Crippen LogP contribution in [0.25, 0.3) is 33.3 Å². The SMILES string of the molecule is ClCC1=Nc2ccccc2C1.[Cl-].c1cc(-c2ccncc2)ccn1.c1ccc2[nH]c(C[n+]3ccc(-c4ccncc4)cc3)nc2c1. The van der Waals surface area contributed by atoms with Crippen LogP contribution in [0.15, 0.2) is 152 Å². The number of fused-ring (bicyclic) bond motifs is 2. The van der Waals surface area contributed by atoms with Gasteiger partial charge in [-0.1, -0.05) is 30.3 Å². The zero-order valence-electron chi connectivity index (χ0n) is 24.9. The number of alkyl halides is 1. The number of para-hydroxylation sites is 3. The van der Waals surface area contributed by atoms with Crippen molar-refractivity contribution in [2.45, 2.75) is 13.0 Å². The monoisotopic (exact) mass is 643 g/mol. The van der Waals surface area contributed by atoms with Crippen LogP contribution < -0.4 is 17.0 Å². The number of imidazole rings is 1. The number of aromatic amines is 1. The van der Waals surface area contributed by atoms with Gasteiger partial charge in [-0.05, 0) is 82.4 Å². The van der Waals surface area contributed by atoms with Crippen LogP contribution in [0.5, 0.6) is 0 Å². The highest BCUT2D eigenvalue weighted by molar-refractivity contribution is 6.29. The van der Waals surface area contributed by atoms with Crippen LogP contribution in [-0.2, 0) is 13.0 Å². The Bertz CT molecular complexity index is 1910. The fraction of sp³-hybridized carbons (Fsp3) is 0.0811. The molecule has 0 unspecified atom stereocenters. The number of hydrogen-bond acceptors (Lipinski definition) is 5. The first kappa shape index (κ1) is 32.2. The number of aromatic nitrogens is 6. The number of benzene rings is 2. The van der Waals surface area contributed by atoms with Gasteiger partial charge in [0.1, 0.15) is 0 Å². The van der Waals surface area contributed by atoms with Gasteiger partial charge in [-0.25, -0.2) is 4.98 Å². The van der Waals surface area contributed by atoms with Gasteiger partial charge in [0.2, 0.25) is 6.54 Å². The molecule has 8 rings (SSSR count). The van der Waals surface area contributed by atoms with Crippen LogP contribution >= 0.6 is 11.6 Å². The van der Waals surface area contributed by atoms with Gasteiger partial charge in [0.15, 0.2) is 18.2 Å². The van der Waals surface area contributed by atoms with Crippen molar-refractivity contribution in [3.05, 3.63) is 158 Å². The molecule has 1 N–H and O–H groups in total. The normalized spacial score (nSPS) is 11.2. The molecule has 2 aromatic carbocycles. The predicted octanol–water partition coefficient (Wildman–Crippen LogP) is 4.66. The summed E-state index contributed by atoms with van der Waals surface area (Å²) in [7, 11) is 0. The summed E-state index contributed by atoms with van der Waals surface area (Å²) in [6.45, 7) is 0.727. The summed E-state index contributed by atoms with van der Waals surface area (Å²) in [5.41, 5.74) is 10.2. The van der Waals surface area contributed by atoms with Crippen molar-refractivity contribution in [3.63, 3.8) is 0 Å². The summed E-state index contributed by atoms with van der Waals surface area (Å²) in [6.07, 6.45) is 15.8. The lowest BCUT2D eigenvalue weighted by Crippen LogP contribution is -3.00. The van der Waals surface area contributed by atoms with Crippen LogP contribution in [0.4, 0.5) is 5.69 Å². The predicted molar refractivity (Wildman–Crippen MR) is 180 cm³/mol. The summed E-state index contributed by atoms with van der Waals surface area (Å²) < 4.78 is 2.11. The van der Waals surface area contributed by atoms with Crippen LogP contribution in [0, 0.1) is 0 Å². The first-order valence-electron chi connectivity index (χ1n) is 14.6. The fourth-order valence-corrected chi connectivity index (χ4v) is 5.07. The van der Waals surface area contributed by atoms with Gasteiger partial charge in [0, 0.05) is 61.4 Å².